The SMILES string of the molecule is CCOC(=O)c1c(CCCOc2cccc3ccccc23)c2cccc3c2n1CCCS(=O)(=O)N(CCN1CCCCC1)Cc1nn(C)c(CC)c1-3. The van der Waals surface area contributed by atoms with Crippen LogP contribution in [0.5, 0.6) is 5.75 Å². The van der Waals surface area contributed by atoms with E-state index in [2.05, 4.69) is 42.2 Å². The molecular weight excluding hydrogens is 675 g/mol. The Morgan fingerprint density at radius 3 is 2.46 bits per heavy atom. The molecule has 0 unspecified atom stereocenters. The number of hydrogen-bond donors (Lipinski definition) is 0. The van der Waals surface area contributed by atoms with Crippen molar-refractivity contribution >= 4 is 37.7 Å². The molecular formula is C41H51N5O5S. The molecule has 0 aliphatic carbocycles. The number of carbonyl (C=O) groups excluding carboxylic acids is 1. The van der Waals surface area contributed by atoms with Gasteiger partial charge in [0.2, 0.25) is 10.0 Å². The molecule has 0 saturated carbocycles. The smallest absolute Gasteiger partial charge is 0.355 e. The van der Waals surface area contributed by atoms with E-state index in [0.717, 1.165) is 87.9 Å². The average molecular weight is 726 g/mol. The number of para-hydroxylation sites is 1. The lowest BCUT2D eigenvalue weighted by molar-refractivity contribution is 0.0512. The van der Waals surface area contributed by atoms with E-state index in [0.29, 0.717) is 51.2 Å². The summed E-state index contributed by atoms with van der Waals surface area (Å²) in [6.45, 7) is 8.36. The molecule has 0 radical (unpaired) electrons. The number of rotatable bonds is 11. The summed E-state index contributed by atoms with van der Waals surface area (Å²) in [5.74, 6) is 0.427. The Hall–Kier alpha value is -4.19. The van der Waals surface area contributed by atoms with Gasteiger partial charge in [0.25, 0.3) is 0 Å². The van der Waals surface area contributed by atoms with Crippen molar-refractivity contribution in [3.05, 3.63) is 83.3 Å². The molecule has 5 aromatic rings. The van der Waals surface area contributed by atoms with Crippen LogP contribution < -0.4 is 4.74 Å². The Morgan fingerprint density at radius 2 is 1.65 bits per heavy atom. The largest absolute Gasteiger partial charge is 0.493 e. The molecule has 52 heavy (non-hydrogen) atoms. The zero-order valence-corrected chi connectivity index (χ0v) is 31.6. The van der Waals surface area contributed by atoms with Crippen molar-refractivity contribution in [1.29, 1.82) is 0 Å². The Labute approximate surface area is 307 Å². The predicted molar refractivity (Wildman–Crippen MR) is 206 cm³/mol. The molecule has 0 bridgehead atoms. The van der Waals surface area contributed by atoms with Gasteiger partial charge < -0.3 is 18.9 Å². The first-order chi connectivity index (χ1) is 25.3. The summed E-state index contributed by atoms with van der Waals surface area (Å²) in [7, 11) is -1.69. The van der Waals surface area contributed by atoms with E-state index >= 15 is 0 Å². The second kappa shape index (κ2) is 15.8. The van der Waals surface area contributed by atoms with E-state index in [4.69, 9.17) is 14.6 Å². The minimum absolute atomic E-state index is 0.0197. The zero-order valence-electron chi connectivity index (χ0n) is 30.8. The minimum atomic E-state index is -3.63. The molecule has 1 saturated heterocycles. The van der Waals surface area contributed by atoms with Crippen molar-refractivity contribution in [3.8, 4) is 16.9 Å². The highest BCUT2D eigenvalue weighted by atomic mass is 32.2. The number of likely N-dealkylation sites (tertiary alicyclic amines) is 1. The number of nitrogens with zero attached hydrogens (tertiary/aromatic N) is 5. The second-order valence-corrected chi connectivity index (χ2v) is 16.1. The standard InChI is InChI=1S/C41H51N5O5S/c1-4-36-38-34-19-12-18-32-33(20-13-27-51-37-21-11-16-30-15-7-8-17-31(30)37)40(41(47)50-5-2)46(39(32)34)24-14-28-52(48,49)45(29-35(38)42-43(36)3)26-25-44-22-9-6-10-23-44/h7-8,11-12,15-19,21H,4-6,9-10,13-14,20,22-29H2,1-3H3. The van der Waals surface area contributed by atoms with Crippen molar-refractivity contribution in [3.63, 3.8) is 0 Å². The quantitative estimate of drug-likeness (QED) is 0.107. The Bertz CT molecular complexity index is 2160. The van der Waals surface area contributed by atoms with E-state index in [9.17, 15) is 13.2 Å². The first-order valence-corrected chi connectivity index (χ1v) is 20.6. The van der Waals surface area contributed by atoms with Gasteiger partial charge in [-0.3, -0.25) is 4.68 Å². The molecule has 2 aliphatic heterocycles. The van der Waals surface area contributed by atoms with Gasteiger partial charge in [0, 0.05) is 54.3 Å². The predicted octanol–water partition coefficient (Wildman–Crippen LogP) is 6.97. The molecule has 2 aliphatic rings. The van der Waals surface area contributed by atoms with E-state index in [1.54, 1.807) is 4.31 Å². The van der Waals surface area contributed by atoms with Gasteiger partial charge in [0.1, 0.15) is 11.4 Å². The summed E-state index contributed by atoms with van der Waals surface area (Å²) in [4.78, 5) is 16.3. The number of benzene rings is 3. The van der Waals surface area contributed by atoms with Crippen LogP contribution in [-0.4, -0.2) is 83.1 Å². The van der Waals surface area contributed by atoms with Crippen LogP contribution in [0.1, 0.15) is 73.4 Å². The fourth-order valence-corrected chi connectivity index (χ4v) is 9.68. The third kappa shape index (κ3) is 7.23. The van der Waals surface area contributed by atoms with Crippen LogP contribution in [0.15, 0.2) is 60.7 Å². The molecule has 7 rings (SSSR count). The number of esters is 1. The number of fused-ring (bicyclic) bond motifs is 3. The van der Waals surface area contributed by atoms with Crippen molar-refractivity contribution in [2.24, 2.45) is 7.05 Å². The lowest BCUT2D eigenvalue weighted by atomic mass is 9.97. The van der Waals surface area contributed by atoms with Gasteiger partial charge in [-0.05, 0) is 75.6 Å². The number of sulfonamides is 1. The van der Waals surface area contributed by atoms with Gasteiger partial charge in [0.05, 0.1) is 36.7 Å². The maximum atomic E-state index is 14.1. The number of hydrogen-bond acceptors (Lipinski definition) is 7. The van der Waals surface area contributed by atoms with Crippen LogP contribution in [0.3, 0.4) is 0 Å². The van der Waals surface area contributed by atoms with Gasteiger partial charge in [-0.2, -0.15) is 9.40 Å². The number of ether oxygens (including phenoxy) is 2. The second-order valence-electron chi connectivity index (χ2n) is 14.0. The van der Waals surface area contributed by atoms with Crippen molar-refractivity contribution in [1.82, 2.24) is 23.6 Å². The number of piperidine rings is 1. The molecule has 3 aromatic carbocycles. The first kappa shape index (κ1) is 36.2. The van der Waals surface area contributed by atoms with Gasteiger partial charge in [-0.1, -0.05) is 67.9 Å². The van der Waals surface area contributed by atoms with Crippen LogP contribution in [0.2, 0.25) is 0 Å². The van der Waals surface area contributed by atoms with Crippen molar-refractivity contribution < 1.29 is 22.7 Å². The summed E-state index contributed by atoms with van der Waals surface area (Å²) in [6.07, 6.45) is 5.90. The monoisotopic (exact) mass is 725 g/mol. The first-order valence-electron chi connectivity index (χ1n) is 19.0. The molecule has 0 amide bonds. The molecule has 10 nitrogen and oxygen atoms in total. The maximum Gasteiger partial charge on any atom is 0.355 e. The fraction of sp³-hybridized carbons (Fsp3) is 0.463. The third-order valence-electron chi connectivity index (χ3n) is 10.7. The van der Waals surface area contributed by atoms with E-state index in [-0.39, 0.29) is 18.9 Å². The molecule has 4 heterocycles. The summed E-state index contributed by atoms with van der Waals surface area (Å²) >= 11 is 0. The number of carbonyl (C=O) groups is 1. The molecule has 1 fully saturated rings. The highest BCUT2D eigenvalue weighted by Gasteiger charge is 2.32. The van der Waals surface area contributed by atoms with Gasteiger partial charge in [-0.25, -0.2) is 13.2 Å². The third-order valence-corrected chi connectivity index (χ3v) is 12.6. The van der Waals surface area contributed by atoms with Crippen molar-refractivity contribution in [2.75, 3.05) is 45.1 Å². The van der Waals surface area contributed by atoms with Crippen LogP contribution >= 0.6 is 0 Å². The molecule has 11 heteroatoms. The van der Waals surface area contributed by atoms with Crippen LogP contribution in [0.25, 0.3) is 32.8 Å². The summed E-state index contributed by atoms with van der Waals surface area (Å²) < 4.78 is 45.9. The molecule has 0 N–H and O–H groups in total. The van der Waals surface area contributed by atoms with Crippen LogP contribution in [-0.2, 0) is 47.7 Å². The highest BCUT2D eigenvalue weighted by molar-refractivity contribution is 7.89. The fourth-order valence-electron chi connectivity index (χ4n) is 8.24. The van der Waals surface area contributed by atoms with E-state index in [1.165, 1.54) is 6.42 Å². The van der Waals surface area contributed by atoms with Crippen molar-refractivity contribution in [2.45, 2.75) is 71.9 Å². The minimum Gasteiger partial charge on any atom is -0.493 e. The lowest BCUT2D eigenvalue weighted by Gasteiger charge is -2.29. The van der Waals surface area contributed by atoms with Gasteiger partial charge >= 0.3 is 5.97 Å². The van der Waals surface area contributed by atoms with Crippen LogP contribution in [0, 0.1) is 0 Å². The molecule has 2 aromatic heterocycles. The molecule has 0 spiro atoms. The van der Waals surface area contributed by atoms with E-state index in [1.807, 2.05) is 53.6 Å². The number of aryl methyl sites for hydroxylation is 3. The maximum absolute atomic E-state index is 14.1. The van der Waals surface area contributed by atoms with Gasteiger partial charge in [0.15, 0.2) is 0 Å². The lowest BCUT2D eigenvalue weighted by Crippen LogP contribution is -2.41. The molecule has 276 valence electrons. The highest BCUT2D eigenvalue weighted by Crippen LogP contribution is 2.40. The summed E-state index contributed by atoms with van der Waals surface area (Å²) in [5.41, 5.74) is 6.03. The van der Waals surface area contributed by atoms with Gasteiger partial charge in [-0.15, -0.1) is 0 Å². The Kier molecular flexibility index (Phi) is 11.0. The zero-order chi connectivity index (χ0) is 36.2. The number of aromatic nitrogens is 3. The Morgan fingerprint density at radius 1 is 0.885 bits per heavy atom. The average Bonchev–Trinajstić information content (AvgIpc) is 3.64. The van der Waals surface area contributed by atoms with E-state index < -0.39 is 16.0 Å². The molecule has 0 atom stereocenters. The topological polar surface area (TPSA) is 98.9 Å². The summed E-state index contributed by atoms with van der Waals surface area (Å²) in [6, 6.07) is 20.5. The normalized spacial score (nSPS) is 16.8. The van der Waals surface area contributed by atoms with Crippen LogP contribution in [0.4, 0.5) is 0 Å². The summed E-state index contributed by atoms with van der Waals surface area (Å²) in [5, 5.41) is 8.15. The Balaban J connectivity index is 1.29.